The Labute approximate surface area is 82.8 Å². The normalized spacial score (nSPS) is 10.1. The molecular formula is C11H11N3. The third-order valence-electron chi connectivity index (χ3n) is 2.29. The average Bonchev–Trinajstić information content (AvgIpc) is 2.23. The van der Waals surface area contributed by atoms with Crippen LogP contribution in [0.25, 0.3) is 11.3 Å². The molecule has 0 radical (unpaired) electrons. The summed E-state index contributed by atoms with van der Waals surface area (Å²) in [7, 11) is 0. The van der Waals surface area contributed by atoms with Crippen LogP contribution in [0.2, 0.25) is 0 Å². The molecule has 0 aromatic carbocycles. The van der Waals surface area contributed by atoms with Crippen LogP contribution in [0.15, 0.2) is 30.7 Å². The lowest BCUT2D eigenvalue weighted by atomic mass is 10.1. The smallest absolute Gasteiger partial charge is 0.0976 e. The molecule has 0 aliphatic rings. The monoisotopic (exact) mass is 185 g/mol. The lowest BCUT2D eigenvalue weighted by Crippen LogP contribution is -1.94. The molecule has 3 nitrogen and oxygen atoms in total. The van der Waals surface area contributed by atoms with Crippen molar-refractivity contribution in [2.75, 3.05) is 0 Å². The number of hydrogen-bond donors (Lipinski definition) is 0. The summed E-state index contributed by atoms with van der Waals surface area (Å²) in [6.45, 7) is 4.08. The standard InChI is InChI=1S/C11H11N3/c1-8-6-13-14-11(9(8)2)10-4-3-5-12-7-10/h3-7H,1-2H3. The van der Waals surface area contributed by atoms with Crippen molar-refractivity contribution in [3.05, 3.63) is 41.9 Å². The number of aryl methyl sites for hydroxylation is 1. The van der Waals surface area contributed by atoms with Crippen LogP contribution in [0.1, 0.15) is 11.1 Å². The fraction of sp³-hybridized carbons (Fsp3) is 0.182. The van der Waals surface area contributed by atoms with Gasteiger partial charge in [-0.2, -0.15) is 10.2 Å². The van der Waals surface area contributed by atoms with Crippen LogP contribution in [-0.2, 0) is 0 Å². The molecule has 0 atom stereocenters. The van der Waals surface area contributed by atoms with Gasteiger partial charge in [-0.3, -0.25) is 4.98 Å². The van der Waals surface area contributed by atoms with Crippen LogP contribution >= 0.6 is 0 Å². The summed E-state index contributed by atoms with van der Waals surface area (Å²) in [5, 5.41) is 8.06. The van der Waals surface area contributed by atoms with Crippen molar-refractivity contribution >= 4 is 0 Å². The van der Waals surface area contributed by atoms with Crippen molar-refractivity contribution in [3.63, 3.8) is 0 Å². The Morgan fingerprint density at radius 3 is 2.71 bits per heavy atom. The molecule has 3 heteroatoms. The number of nitrogens with zero attached hydrogens (tertiary/aromatic N) is 3. The molecular weight excluding hydrogens is 174 g/mol. The lowest BCUT2D eigenvalue weighted by Gasteiger charge is -2.04. The summed E-state index contributed by atoms with van der Waals surface area (Å²) >= 11 is 0. The molecule has 0 N–H and O–H groups in total. The van der Waals surface area contributed by atoms with Crippen LogP contribution in [-0.4, -0.2) is 15.2 Å². The first kappa shape index (κ1) is 8.81. The van der Waals surface area contributed by atoms with Crippen molar-refractivity contribution < 1.29 is 0 Å². The Hall–Kier alpha value is -1.77. The molecule has 0 bridgehead atoms. The second-order valence-corrected chi connectivity index (χ2v) is 3.24. The van der Waals surface area contributed by atoms with Gasteiger partial charge < -0.3 is 0 Å². The number of rotatable bonds is 1. The number of aromatic nitrogens is 3. The Morgan fingerprint density at radius 2 is 2.00 bits per heavy atom. The average molecular weight is 185 g/mol. The van der Waals surface area contributed by atoms with Crippen LogP contribution in [0.4, 0.5) is 0 Å². The highest BCUT2D eigenvalue weighted by Crippen LogP contribution is 2.20. The third-order valence-corrected chi connectivity index (χ3v) is 2.29. The van der Waals surface area contributed by atoms with Crippen molar-refractivity contribution in [2.45, 2.75) is 13.8 Å². The molecule has 0 spiro atoms. The first-order valence-corrected chi connectivity index (χ1v) is 4.48. The maximum atomic E-state index is 4.12. The molecule has 0 saturated heterocycles. The van der Waals surface area contributed by atoms with Gasteiger partial charge in [0.2, 0.25) is 0 Å². The van der Waals surface area contributed by atoms with E-state index in [0.29, 0.717) is 0 Å². The third kappa shape index (κ3) is 1.48. The minimum Gasteiger partial charge on any atom is -0.264 e. The summed E-state index contributed by atoms with van der Waals surface area (Å²) < 4.78 is 0. The molecule has 70 valence electrons. The van der Waals surface area contributed by atoms with E-state index in [-0.39, 0.29) is 0 Å². The number of pyridine rings is 1. The molecule has 0 aliphatic heterocycles. The number of hydrogen-bond acceptors (Lipinski definition) is 3. The highest BCUT2D eigenvalue weighted by atomic mass is 15.1. The van der Waals surface area contributed by atoms with Gasteiger partial charge in [-0.1, -0.05) is 0 Å². The van der Waals surface area contributed by atoms with Gasteiger partial charge in [0, 0.05) is 18.0 Å². The Morgan fingerprint density at radius 1 is 1.14 bits per heavy atom. The predicted octanol–water partition coefficient (Wildman–Crippen LogP) is 2.16. The van der Waals surface area contributed by atoms with Gasteiger partial charge in [-0.05, 0) is 37.1 Å². The zero-order chi connectivity index (χ0) is 9.97. The van der Waals surface area contributed by atoms with E-state index in [1.807, 2.05) is 26.0 Å². The molecule has 2 rings (SSSR count). The summed E-state index contributed by atoms with van der Waals surface area (Å²) in [4.78, 5) is 4.06. The van der Waals surface area contributed by atoms with E-state index >= 15 is 0 Å². The van der Waals surface area contributed by atoms with Crippen LogP contribution in [0, 0.1) is 13.8 Å². The Balaban J connectivity index is 2.58. The first-order valence-electron chi connectivity index (χ1n) is 4.48. The van der Waals surface area contributed by atoms with Gasteiger partial charge in [-0.15, -0.1) is 0 Å². The first-order chi connectivity index (χ1) is 6.79. The van der Waals surface area contributed by atoms with Gasteiger partial charge >= 0.3 is 0 Å². The van der Waals surface area contributed by atoms with E-state index in [1.54, 1.807) is 18.6 Å². The maximum Gasteiger partial charge on any atom is 0.0976 e. The Bertz CT molecular complexity index is 438. The van der Waals surface area contributed by atoms with Gasteiger partial charge in [0.25, 0.3) is 0 Å². The van der Waals surface area contributed by atoms with Gasteiger partial charge in [0.05, 0.1) is 11.9 Å². The fourth-order valence-corrected chi connectivity index (χ4v) is 1.31. The second-order valence-electron chi connectivity index (χ2n) is 3.24. The zero-order valence-corrected chi connectivity index (χ0v) is 8.23. The van der Waals surface area contributed by atoms with E-state index in [9.17, 15) is 0 Å². The summed E-state index contributed by atoms with van der Waals surface area (Å²) in [6.07, 6.45) is 5.33. The van der Waals surface area contributed by atoms with E-state index in [0.717, 1.165) is 22.4 Å². The van der Waals surface area contributed by atoms with Crippen molar-refractivity contribution in [2.24, 2.45) is 0 Å². The molecule has 0 unspecified atom stereocenters. The fourth-order valence-electron chi connectivity index (χ4n) is 1.31. The summed E-state index contributed by atoms with van der Waals surface area (Å²) in [6, 6.07) is 3.89. The summed E-state index contributed by atoms with van der Waals surface area (Å²) in [5.41, 5.74) is 4.24. The molecule has 2 aromatic heterocycles. The largest absolute Gasteiger partial charge is 0.264 e. The lowest BCUT2D eigenvalue weighted by molar-refractivity contribution is 1.00. The summed E-state index contributed by atoms with van der Waals surface area (Å²) in [5.74, 6) is 0. The molecule has 2 heterocycles. The second kappa shape index (κ2) is 3.54. The van der Waals surface area contributed by atoms with E-state index < -0.39 is 0 Å². The van der Waals surface area contributed by atoms with E-state index in [1.165, 1.54) is 0 Å². The van der Waals surface area contributed by atoms with Crippen molar-refractivity contribution in [3.8, 4) is 11.3 Å². The molecule has 0 aliphatic carbocycles. The SMILES string of the molecule is Cc1cnnc(-c2cccnc2)c1C. The van der Waals surface area contributed by atoms with Crippen molar-refractivity contribution in [1.29, 1.82) is 0 Å². The van der Waals surface area contributed by atoms with E-state index in [4.69, 9.17) is 0 Å². The van der Waals surface area contributed by atoms with Gasteiger partial charge in [-0.25, -0.2) is 0 Å². The van der Waals surface area contributed by atoms with Crippen LogP contribution in [0.5, 0.6) is 0 Å². The topological polar surface area (TPSA) is 38.7 Å². The zero-order valence-electron chi connectivity index (χ0n) is 8.23. The van der Waals surface area contributed by atoms with E-state index in [2.05, 4.69) is 15.2 Å². The van der Waals surface area contributed by atoms with Crippen LogP contribution < -0.4 is 0 Å². The van der Waals surface area contributed by atoms with Crippen molar-refractivity contribution in [1.82, 2.24) is 15.2 Å². The predicted molar refractivity (Wildman–Crippen MR) is 54.7 cm³/mol. The molecule has 0 saturated carbocycles. The highest BCUT2D eigenvalue weighted by molar-refractivity contribution is 5.62. The quantitative estimate of drug-likeness (QED) is 0.683. The van der Waals surface area contributed by atoms with Gasteiger partial charge in [0.1, 0.15) is 0 Å². The van der Waals surface area contributed by atoms with Gasteiger partial charge in [0.15, 0.2) is 0 Å². The Kier molecular flexibility index (Phi) is 2.23. The maximum absolute atomic E-state index is 4.12. The highest BCUT2D eigenvalue weighted by Gasteiger charge is 2.05. The molecule has 2 aromatic rings. The molecule has 0 fully saturated rings. The van der Waals surface area contributed by atoms with Crippen LogP contribution in [0.3, 0.4) is 0 Å². The minimum atomic E-state index is 0.915. The minimum absolute atomic E-state index is 0.915. The molecule has 14 heavy (non-hydrogen) atoms. The molecule has 0 amide bonds.